The van der Waals surface area contributed by atoms with Crippen LogP contribution in [0.1, 0.15) is 60.3 Å². The van der Waals surface area contributed by atoms with Crippen molar-refractivity contribution in [2.45, 2.75) is 78.4 Å². The van der Waals surface area contributed by atoms with Crippen LogP contribution in [0.3, 0.4) is 0 Å². The van der Waals surface area contributed by atoms with Gasteiger partial charge in [-0.1, -0.05) is 33.3 Å². The van der Waals surface area contributed by atoms with Gasteiger partial charge in [0.2, 0.25) is 0 Å². The molecule has 0 aromatic carbocycles. The number of rotatable bonds is 6. The first-order chi connectivity index (χ1) is 9.08. The van der Waals surface area contributed by atoms with E-state index in [0.29, 0.717) is 18.1 Å². The average Bonchev–Trinajstić information content (AvgIpc) is 2.67. The Labute approximate surface area is 126 Å². The summed E-state index contributed by atoms with van der Waals surface area (Å²) >= 11 is 0. The maximum atomic E-state index is 12.1. The van der Waals surface area contributed by atoms with Gasteiger partial charge in [-0.25, -0.2) is 0 Å². The van der Waals surface area contributed by atoms with Gasteiger partial charge in [-0.2, -0.15) is 0 Å². The Morgan fingerprint density at radius 2 is 1.90 bits per heavy atom. The van der Waals surface area contributed by atoms with E-state index < -0.39 is 8.32 Å². The van der Waals surface area contributed by atoms with Crippen LogP contribution in [0.25, 0.3) is 0 Å². The second-order valence-electron chi connectivity index (χ2n) is 7.78. The molecule has 0 radical (unpaired) electrons. The molecule has 0 heterocycles. The smallest absolute Gasteiger partial charge is 0.191 e. The number of Topliss-reactive ketones (excluding diaryl/α,β-unsaturated/α-hetero) is 1. The fourth-order valence-corrected chi connectivity index (χ4v) is 3.57. The zero-order valence-corrected chi connectivity index (χ0v) is 15.4. The van der Waals surface area contributed by atoms with Crippen LogP contribution in [0, 0.1) is 5.92 Å². The lowest BCUT2D eigenvalue weighted by molar-refractivity contribution is -0.115. The van der Waals surface area contributed by atoms with Gasteiger partial charge in [0.1, 0.15) is 0 Å². The minimum atomic E-state index is -1.66. The molecule has 1 aliphatic rings. The van der Waals surface area contributed by atoms with Crippen molar-refractivity contribution >= 4 is 14.1 Å². The maximum Gasteiger partial charge on any atom is 0.191 e. The molecule has 0 spiro atoms. The molecule has 2 nitrogen and oxygen atoms in total. The standard InChI is InChI=1S/C17H32O2Si/c1-8-9-16(18)15-11-14(10-13(15)2)12-19-20(6,7)17(3,4)5/h14H,8-12H2,1-7H3. The van der Waals surface area contributed by atoms with Crippen molar-refractivity contribution in [3.05, 3.63) is 11.1 Å². The number of carbonyl (C=O) groups is 1. The van der Waals surface area contributed by atoms with E-state index in [1.165, 1.54) is 5.57 Å². The highest BCUT2D eigenvalue weighted by Gasteiger charge is 2.38. The molecule has 0 bridgehead atoms. The van der Waals surface area contributed by atoms with Gasteiger partial charge in [-0.05, 0) is 55.8 Å². The van der Waals surface area contributed by atoms with E-state index in [9.17, 15) is 4.79 Å². The van der Waals surface area contributed by atoms with Gasteiger partial charge in [-0.15, -0.1) is 0 Å². The third-order valence-corrected chi connectivity index (χ3v) is 9.40. The van der Waals surface area contributed by atoms with E-state index in [4.69, 9.17) is 4.43 Å². The third kappa shape index (κ3) is 4.29. The Balaban J connectivity index is 2.54. The van der Waals surface area contributed by atoms with Crippen molar-refractivity contribution in [1.29, 1.82) is 0 Å². The van der Waals surface area contributed by atoms with Crippen molar-refractivity contribution in [3.63, 3.8) is 0 Å². The highest BCUT2D eigenvalue weighted by atomic mass is 28.4. The second-order valence-corrected chi connectivity index (χ2v) is 12.6. The molecule has 0 saturated carbocycles. The molecule has 116 valence electrons. The van der Waals surface area contributed by atoms with Gasteiger partial charge in [0.05, 0.1) is 0 Å². The molecule has 0 aromatic rings. The summed E-state index contributed by atoms with van der Waals surface area (Å²) in [5, 5.41) is 0.259. The Kier molecular flexibility index (Phi) is 5.79. The van der Waals surface area contributed by atoms with Gasteiger partial charge in [0.25, 0.3) is 0 Å². The van der Waals surface area contributed by atoms with E-state index in [-0.39, 0.29) is 5.04 Å². The second kappa shape index (κ2) is 6.57. The summed E-state index contributed by atoms with van der Waals surface area (Å²) in [4.78, 5) is 12.1. The molecule has 0 saturated heterocycles. The molecule has 1 atom stereocenters. The van der Waals surface area contributed by atoms with Crippen molar-refractivity contribution in [3.8, 4) is 0 Å². The minimum absolute atomic E-state index is 0.259. The largest absolute Gasteiger partial charge is 0.417 e. The van der Waals surface area contributed by atoms with Gasteiger partial charge in [0, 0.05) is 13.0 Å². The third-order valence-electron chi connectivity index (χ3n) is 4.90. The summed E-state index contributed by atoms with van der Waals surface area (Å²) in [6.45, 7) is 16.4. The highest BCUT2D eigenvalue weighted by molar-refractivity contribution is 6.74. The molecule has 0 N–H and O–H groups in total. The molecule has 0 fully saturated rings. The van der Waals surface area contributed by atoms with Gasteiger partial charge in [-0.3, -0.25) is 4.79 Å². The van der Waals surface area contributed by atoms with Crippen LogP contribution in [0.2, 0.25) is 18.1 Å². The molecular weight excluding hydrogens is 264 g/mol. The van der Waals surface area contributed by atoms with E-state index >= 15 is 0 Å². The quantitative estimate of drug-likeness (QED) is 0.637. The van der Waals surface area contributed by atoms with Crippen LogP contribution >= 0.6 is 0 Å². The fraction of sp³-hybridized carbons (Fsp3) is 0.824. The van der Waals surface area contributed by atoms with Crippen LogP contribution in [0.15, 0.2) is 11.1 Å². The van der Waals surface area contributed by atoms with Crippen LogP contribution in [0.5, 0.6) is 0 Å². The highest BCUT2D eigenvalue weighted by Crippen LogP contribution is 2.39. The SMILES string of the molecule is CCCC(=O)C1=C(C)CC(CO[Si](C)(C)C(C)(C)C)C1. The van der Waals surface area contributed by atoms with Crippen LogP contribution in [-0.2, 0) is 9.22 Å². The van der Waals surface area contributed by atoms with Crippen LogP contribution < -0.4 is 0 Å². The molecule has 1 rings (SSSR count). The Morgan fingerprint density at radius 3 is 2.40 bits per heavy atom. The first kappa shape index (κ1) is 17.6. The van der Waals surface area contributed by atoms with Crippen molar-refractivity contribution < 1.29 is 9.22 Å². The normalized spacial score (nSPS) is 20.6. The predicted octanol–water partition coefficient (Wildman–Crippen LogP) is 5.10. The summed E-state index contributed by atoms with van der Waals surface area (Å²) in [6, 6.07) is 0. The summed E-state index contributed by atoms with van der Waals surface area (Å²) < 4.78 is 6.32. The number of allylic oxidation sites excluding steroid dienone is 2. The minimum Gasteiger partial charge on any atom is -0.417 e. The summed E-state index contributed by atoms with van der Waals surface area (Å²) in [7, 11) is -1.66. The fourth-order valence-electron chi connectivity index (χ4n) is 2.48. The monoisotopic (exact) mass is 296 g/mol. The Hall–Kier alpha value is -0.413. The zero-order chi connectivity index (χ0) is 15.6. The van der Waals surface area contributed by atoms with Crippen LogP contribution in [-0.4, -0.2) is 20.7 Å². The molecule has 3 heteroatoms. The van der Waals surface area contributed by atoms with Gasteiger partial charge < -0.3 is 4.43 Å². The maximum absolute atomic E-state index is 12.1. The zero-order valence-electron chi connectivity index (χ0n) is 14.4. The summed E-state index contributed by atoms with van der Waals surface area (Å²) in [6.07, 6.45) is 3.61. The number of ketones is 1. The average molecular weight is 297 g/mol. The van der Waals surface area contributed by atoms with Gasteiger partial charge >= 0.3 is 0 Å². The van der Waals surface area contributed by atoms with E-state index in [1.807, 2.05) is 0 Å². The lowest BCUT2D eigenvalue weighted by atomic mass is 10.0. The van der Waals surface area contributed by atoms with Crippen LogP contribution in [0.4, 0.5) is 0 Å². The lowest BCUT2D eigenvalue weighted by Gasteiger charge is -2.37. The molecular formula is C17H32O2Si. The molecule has 0 aromatic heterocycles. The number of carbonyl (C=O) groups excluding carboxylic acids is 1. The molecule has 1 unspecified atom stereocenters. The predicted molar refractivity (Wildman–Crippen MR) is 88.5 cm³/mol. The molecule has 0 amide bonds. The molecule has 20 heavy (non-hydrogen) atoms. The molecule has 1 aliphatic carbocycles. The Morgan fingerprint density at radius 1 is 1.30 bits per heavy atom. The van der Waals surface area contributed by atoms with Crippen molar-refractivity contribution in [2.75, 3.05) is 6.61 Å². The first-order valence-corrected chi connectivity index (χ1v) is 10.8. The topological polar surface area (TPSA) is 26.3 Å². The van der Waals surface area contributed by atoms with Crippen molar-refractivity contribution in [1.82, 2.24) is 0 Å². The van der Waals surface area contributed by atoms with Gasteiger partial charge in [0.15, 0.2) is 14.1 Å². The summed E-state index contributed by atoms with van der Waals surface area (Å²) in [5.41, 5.74) is 2.39. The lowest BCUT2D eigenvalue weighted by Crippen LogP contribution is -2.41. The summed E-state index contributed by atoms with van der Waals surface area (Å²) in [5.74, 6) is 0.875. The van der Waals surface area contributed by atoms with E-state index in [0.717, 1.165) is 31.4 Å². The number of hydrogen-bond donors (Lipinski definition) is 0. The Bertz CT molecular complexity index is 388. The van der Waals surface area contributed by atoms with Crippen molar-refractivity contribution in [2.24, 2.45) is 5.92 Å². The first-order valence-electron chi connectivity index (χ1n) is 7.94. The number of hydrogen-bond acceptors (Lipinski definition) is 2. The van der Waals surface area contributed by atoms with E-state index in [1.54, 1.807) is 0 Å². The molecule has 0 aliphatic heterocycles. The van der Waals surface area contributed by atoms with E-state index in [2.05, 4.69) is 47.7 Å².